The number of hydrazine groups is 1. The lowest BCUT2D eigenvalue weighted by Gasteiger charge is -2.20. The molecule has 1 aromatic heterocycles. The van der Waals surface area contributed by atoms with Crippen molar-refractivity contribution in [2.24, 2.45) is 5.84 Å². The predicted octanol–water partition coefficient (Wildman–Crippen LogP) is 2.12. The van der Waals surface area contributed by atoms with Gasteiger partial charge in [-0.05, 0) is 26.0 Å². The summed E-state index contributed by atoms with van der Waals surface area (Å²) < 4.78 is 7.35. The number of nitrogens with zero attached hydrogens (tertiary/aromatic N) is 2. The molecule has 1 heterocycles. The third-order valence-corrected chi connectivity index (χ3v) is 3.94. The minimum absolute atomic E-state index is 0.0569. The summed E-state index contributed by atoms with van der Waals surface area (Å²) in [4.78, 5) is 0. The Balaban J connectivity index is 2.91. The van der Waals surface area contributed by atoms with Gasteiger partial charge in [-0.1, -0.05) is 6.92 Å². The van der Waals surface area contributed by atoms with Gasteiger partial charge in [0.25, 0.3) is 0 Å². The number of rotatable bonds is 8. The van der Waals surface area contributed by atoms with Gasteiger partial charge >= 0.3 is 0 Å². The Labute approximate surface area is 113 Å². The van der Waals surface area contributed by atoms with Crippen LogP contribution < -0.4 is 16.0 Å². The van der Waals surface area contributed by atoms with Crippen molar-refractivity contribution in [1.82, 2.24) is 15.2 Å². The van der Waals surface area contributed by atoms with E-state index in [1.54, 1.807) is 13.3 Å². The minimum atomic E-state index is 0.0569. The molecule has 0 spiro atoms. The van der Waals surface area contributed by atoms with Crippen LogP contribution in [0.15, 0.2) is 6.20 Å². The molecule has 0 aliphatic heterocycles. The highest BCUT2D eigenvalue weighted by Gasteiger charge is 2.22. The first-order valence-corrected chi connectivity index (χ1v) is 7.46. The Morgan fingerprint density at radius 2 is 2.28 bits per heavy atom. The van der Waals surface area contributed by atoms with Crippen LogP contribution >= 0.6 is 11.8 Å². The molecule has 6 heteroatoms. The second-order valence-corrected chi connectivity index (χ2v) is 5.58. The molecule has 1 aromatic rings. The van der Waals surface area contributed by atoms with E-state index < -0.39 is 0 Å². The van der Waals surface area contributed by atoms with Gasteiger partial charge in [0.15, 0.2) is 5.75 Å². The summed E-state index contributed by atoms with van der Waals surface area (Å²) in [7, 11) is 1.66. The zero-order chi connectivity index (χ0) is 13.5. The highest BCUT2D eigenvalue weighted by molar-refractivity contribution is 7.99. The van der Waals surface area contributed by atoms with Crippen molar-refractivity contribution < 1.29 is 4.74 Å². The molecule has 0 amide bonds. The van der Waals surface area contributed by atoms with Gasteiger partial charge in [0.1, 0.15) is 0 Å². The zero-order valence-electron chi connectivity index (χ0n) is 11.6. The third-order valence-electron chi connectivity index (χ3n) is 2.67. The summed E-state index contributed by atoms with van der Waals surface area (Å²) in [5, 5.41) is 4.37. The number of aromatic nitrogens is 2. The van der Waals surface area contributed by atoms with Crippen LogP contribution in [-0.2, 0) is 0 Å². The van der Waals surface area contributed by atoms with Crippen LogP contribution in [0.3, 0.4) is 0 Å². The topological polar surface area (TPSA) is 65.1 Å². The number of hydrogen-bond acceptors (Lipinski definition) is 5. The van der Waals surface area contributed by atoms with E-state index in [4.69, 9.17) is 10.6 Å². The molecule has 1 unspecified atom stereocenters. The maximum Gasteiger partial charge on any atom is 0.161 e. The second-order valence-electron chi connectivity index (χ2n) is 4.43. The number of methoxy groups -OCH3 is 1. The van der Waals surface area contributed by atoms with Crippen LogP contribution in [0.4, 0.5) is 0 Å². The maximum absolute atomic E-state index is 5.68. The normalized spacial score (nSPS) is 13.0. The lowest BCUT2D eigenvalue weighted by molar-refractivity contribution is 0.391. The average molecular weight is 272 g/mol. The van der Waals surface area contributed by atoms with Crippen LogP contribution in [0.25, 0.3) is 0 Å². The fourth-order valence-electron chi connectivity index (χ4n) is 1.81. The molecule has 104 valence electrons. The number of ether oxygens (including phenoxy) is 1. The third kappa shape index (κ3) is 3.63. The van der Waals surface area contributed by atoms with Crippen LogP contribution in [0, 0.1) is 0 Å². The van der Waals surface area contributed by atoms with Gasteiger partial charge in [-0.25, -0.2) is 0 Å². The first-order valence-electron chi connectivity index (χ1n) is 6.30. The van der Waals surface area contributed by atoms with Crippen molar-refractivity contribution in [3.05, 3.63) is 11.9 Å². The van der Waals surface area contributed by atoms with E-state index in [0.717, 1.165) is 22.9 Å². The maximum atomic E-state index is 5.68. The molecule has 1 rings (SSSR count). The molecule has 0 aliphatic carbocycles. The van der Waals surface area contributed by atoms with Crippen LogP contribution in [0.1, 0.15) is 45.0 Å². The Morgan fingerprint density at radius 1 is 1.56 bits per heavy atom. The molecule has 3 N–H and O–H groups in total. The van der Waals surface area contributed by atoms with E-state index in [1.165, 1.54) is 6.42 Å². The monoisotopic (exact) mass is 272 g/mol. The molecule has 5 nitrogen and oxygen atoms in total. The molecule has 0 radical (unpaired) electrons. The summed E-state index contributed by atoms with van der Waals surface area (Å²) in [6.45, 7) is 6.38. The Hall–Kier alpha value is -0.720. The van der Waals surface area contributed by atoms with Crippen molar-refractivity contribution in [1.29, 1.82) is 0 Å². The van der Waals surface area contributed by atoms with Gasteiger partial charge in [0.2, 0.25) is 0 Å². The summed E-state index contributed by atoms with van der Waals surface area (Å²) in [6.07, 6.45) is 2.92. The van der Waals surface area contributed by atoms with Crippen LogP contribution in [0.5, 0.6) is 5.75 Å². The van der Waals surface area contributed by atoms with E-state index in [-0.39, 0.29) is 12.1 Å². The van der Waals surface area contributed by atoms with Gasteiger partial charge in [-0.2, -0.15) is 16.9 Å². The van der Waals surface area contributed by atoms with Gasteiger partial charge in [-0.15, -0.1) is 0 Å². The Kier molecular flexibility index (Phi) is 6.52. The smallest absolute Gasteiger partial charge is 0.161 e. The first kappa shape index (κ1) is 15.3. The molecule has 0 aromatic carbocycles. The molecular weight excluding hydrogens is 248 g/mol. The lowest BCUT2D eigenvalue weighted by Crippen LogP contribution is -2.32. The standard InChI is InChI=1S/C12H24N4OS/c1-5-6-18-8-10(15-13)12-11(17-4)7-14-16(12)9(2)3/h7,9-10,15H,5-6,8,13H2,1-4H3. The summed E-state index contributed by atoms with van der Waals surface area (Å²) in [5.74, 6) is 8.52. The molecule has 0 fully saturated rings. The summed E-state index contributed by atoms with van der Waals surface area (Å²) >= 11 is 1.88. The largest absolute Gasteiger partial charge is 0.493 e. The lowest BCUT2D eigenvalue weighted by atomic mass is 10.2. The Morgan fingerprint density at radius 3 is 2.78 bits per heavy atom. The molecule has 1 atom stereocenters. The molecule has 0 saturated carbocycles. The van der Waals surface area contributed by atoms with E-state index in [0.29, 0.717) is 0 Å². The zero-order valence-corrected chi connectivity index (χ0v) is 12.5. The molecular formula is C12H24N4OS. The number of thioether (sulfide) groups is 1. The van der Waals surface area contributed by atoms with E-state index >= 15 is 0 Å². The average Bonchev–Trinajstić information content (AvgIpc) is 2.78. The van der Waals surface area contributed by atoms with Crippen molar-refractivity contribution in [2.45, 2.75) is 39.3 Å². The number of hydrogen-bond donors (Lipinski definition) is 2. The van der Waals surface area contributed by atoms with Crippen LogP contribution in [0.2, 0.25) is 0 Å². The van der Waals surface area contributed by atoms with Gasteiger partial charge in [-0.3, -0.25) is 16.0 Å². The summed E-state index contributed by atoms with van der Waals surface area (Å²) in [5.41, 5.74) is 3.90. The van der Waals surface area contributed by atoms with Crippen molar-refractivity contribution in [3.63, 3.8) is 0 Å². The van der Waals surface area contributed by atoms with Crippen molar-refractivity contribution in [2.75, 3.05) is 18.6 Å². The van der Waals surface area contributed by atoms with E-state index in [2.05, 4.69) is 31.3 Å². The molecule has 0 saturated heterocycles. The predicted molar refractivity (Wildman–Crippen MR) is 76.8 cm³/mol. The SMILES string of the molecule is CCCSCC(NN)c1c(OC)cnn1C(C)C. The molecule has 0 aliphatic rings. The van der Waals surface area contributed by atoms with Crippen molar-refractivity contribution in [3.8, 4) is 5.75 Å². The minimum Gasteiger partial charge on any atom is -0.493 e. The van der Waals surface area contributed by atoms with Gasteiger partial charge in [0, 0.05) is 11.8 Å². The molecule has 0 bridgehead atoms. The second kappa shape index (κ2) is 7.66. The van der Waals surface area contributed by atoms with E-state index in [1.807, 2.05) is 16.4 Å². The fraction of sp³-hybridized carbons (Fsp3) is 0.750. The number of nitrogens with two attached hydrogens (primary N) is 1. The quantitative estimate of drug-likeness (QED) is 0.431. The highest BCUT2D eigenvalue weighted by Crippen LogP contribution is 2.29. The van der Waals surface area contributed by atoms with E-state index in [9.17, 15) is 0 Å². The number of nitrogens with one attached hydrogen (secondary N) is 1. The fourth-order valence-corrected chi connectivity index (χ4v) is 2.75. The Bertz CT molecular complexity index is 354. The van der Waals surface area contributed by atoms with Crippen molar-refractivity contribution >= 4 is 11.8 Å². The van der Waals surface area contributed by atoms with Gasteiger partial charge in [0.05, 0.1) is 25.0 Å². The first-order chi connectivity index (χ1) is 8.65. The highest BCUT2D eigenvalue weighted by atomic mass is 32.2. The summed E-state index contributed by atoms with van der Waals surface area (Å²) in [6, 6.07) is 0.345. The van der Waals surface area contributed by atoms with Crippen LogP contribution in [-0.4, -0.2) is 28.4 Å². The molecule has 18 heavy (non-hydrogen) atoms. The van der Waals surface area contributed by atoms with Gasteiger partial charge < -0.3 is 4.74 Å².